The first-order valence-electron chi connectivity index (χ1n) is 7.16. The molecule has 0 saturated heterocycles. The molecule has 1 aromatic rings. The van der Waals surface area contributed by atoms with Gasteiger partial charge in [0.25, 0.3) is 5.91 Å². The minimum Gasteiger partial charge on any atom is -0.397 e. The lowest BCUT2D eigenvalue weighted by Crippen LogP contribution is -2.44. The predicted octanol–water partition coefficient (Wildman–Crippen LogP) is 1.76. The Morgan fingerprint density at radius 3 is 2.55 bits per heavy atom. The number of hydrogen-bond acceptors (Lipinski definition) is 4. The van der Waals surface area contributed by atoms with E-state index < -0.39 is 0 Å². The summed E-state index contributed by atoms with van der Waals surface area (Å²) in [5.41, 5.74) is 6.48. The van der Waals surface area contributed by atoms with Crippen LogP contribution < -0.4 is 11.1 Å². The summed E-state index contributed by atoms with van der Waals surface area (Å²) in [7, 11) is 4.09. The fraction of sp³-hybridized carbons (Fsp3) is 0.600. The van der Waals surface area contributed by atoms with Crippen LogP contribution in [0.3, 0.4) is 0 Å². The molecule has 0 saturated carbocycles. The molecule has 3 N–H and O–H groups in total. The standard InChI is InChI=1S/C15H26N4O/c1-5-11(6-2)13(19(3)4)10-18-15(20)14-12(16)8-7-9-17-14/h7-9,11,13H,5-6,10,16H2,1-4H3,(H,18,20). The molecule has 1 amide bonds. The summed E-state index contributed by atoms with van der Waals surface area (Å²) in [4.78, 5) is 18.3. The average molecular weight is 278 g/mol. The van der Waals surface area contributed by atoms with E-state index in [-0.39, 0.29) is 5.91 Å². The van der Waals surface area contributed by atoms with Crippen LogP contribution in [0.2, 0.25) is 0 Å². The number of pyridine rings is 1. The largest absolute Gasteiger partial charge is 0.397 e. The molecule has 0 spiro atoms. The Labute approximate surface area is 121 Å². The molecule has 0 radical (unpaired) electrons. The van der Waals surface area contributed by atoms with E-state index >= 15 is 0 Å². The van der Waals surface area contributed by atoms with E-state index in [2.05, 4.69) is 29.0 Å². The summed E-state index contributed by atoms with van der Waals surface area (Å²) in [6.45, 7) is 4.97. The highest BCUT2D eigenvalue weighted by Crippen LogP contribution is 2.16. The molecule has 1 rings (SSSR count). The van der Waals surface area contributed by atoms with Gasteiger partial charge in [-0.25, -0.2) is 4.98 Å². The summed E-state index contributed by atoms with van der Waals surface area (Å²) in [6.07, 6.45) is 3.78. The summed E-state index contributed by atoms with van der Waals surface area (Å²) in [5.74, 6) is 0.354. The lowest BCUT2D eigenvalue weighted by Gasteiger charge is -2.31. The van der Waals surface area contributed by atoms with E-state index in [1.165, 1.54) is 0 Å². The third kappa shape index (κ3) is 4.20. The SMILES string of the molecule is CCC(CC)C(CNC(=O)c1ncccc1N)N(C)C. The van der Waals surface area contributed by atoms with Crippen LogP contribution in [0, 0.1) is 5.92 Å². The molecular formula is C15H26N4O. The van der Waals surface area contributed by atoms with Crippen LogP contribution in [-0.4, -0.2) is 42.5 Å². The zero-order chi connectivity index (χ0) is 15.1. The van der Waals surface area contributed by atoms with E-state index in [1.807, 2.05) is 14.1 Å². The monoisotopic (exact) mass is 278 g/mol. The summed E-state index contributed by atoms with van der Waals surface area (Å²) in [6, 6.07) is 3.73. The molecule has 1 unspecified atom stereocenters. The van der Waals surface area contributed by atoms with Crippen molar-refractivity contribution in [3.05, 3.63) is 24.0 Å². The Morgan fingerprint density at radius 2 is 2.05 bits per heavy atom. The van der Waals surface area contributed by atoms with E-state index in [0.717, 1.165) is 12.8 Å². The number of anilines is 1. The minimum absolute atomic E-state index is 0.207. The zero-order valence-corrected chi connectivity index (χ0v) is 12.9. The second kappa shape index (κ2) is 7.85. The number of rotatable bonds is 7. The van der Waals surface area contributed by atoms with Gasteiger partial charge in [-0.1, -0.05) is 26.7 Å². The van der Waals surface area contributed by atoms with Gasteiger partial charge in [-0.15, -0.1) is 0 Å². The molecule has 0 aromatic carbocycles. The minimum atomic E-state index is -0.207. The van der Waals surface area contributed by atoms with Crippen molar-refractivity contribution in [3.63, 3.8) is 0 Å². The molecule has 1 heterocycles. The van der Waals surface area contributed by atoms with Crippen molar-refractivity contribution in [1.82, 2.24) is 15.2 Å². The van der Waals surface area contributed by atoms with Crippen molar-refractivity contribution in [2.75, 3.05) is 26.4 Å². The molecule has 20 heavy (non-hydrogen) atoms. The lowest BCUT2D eigenvalue weighted by atomic mass is 9.93. The van der Waals surface area contributed by atoms with Crippen LogP contribution in [-0.2, 0) is 0 Å². The maximum Gasteiger partial charge on any atom is 0.272 e. The van der Waals surface area contributed by atoms with Crippen molar-refractivity contribution >= 4 is 11.6 Å². The van der Waals surface area contributed by atoms with Crippen LogP contribution in [0.25, 0.3) is 0 Å². The van der Waals surface area contributed by atoms with Crippen molar-refractivity contribution < 1.29 is 4.79 Å². The number of aromatic nitrogens is 1. The molecule has 5 heteroatoms. The highest BCUT2D eigenvalue weighted by atomic mass is 16.1. The van der Waals surface area contributed by atoms with Gasteiger partial charge in [-0.2, -0.15) is 0 Å². The van der Waals surface area contributed by atoms with Gasteiger partial charge < -0.3 is 16.0 Å². The van der Waals surface area contributed by atoms with E-state index in [4.69, 9.17) is 5.73 Å². The molecule has 0 fully saturated rings. The second-order valence-electron chi connectivity index (χ2n) is 5.26. The van der Waals surface area contributed by atoms with Gasteiger partial charge in [0.05, 0.1) is 5.69 Å². The molecule has 0 aliphatic carbocycles. The molecule has 112 valence electrons. The van der Waals surface area contributed by atoms with Crippen molar-refractivity contribution in [2.45, 2.75) is 32.7 Å². The van der Waals surface area contributed by atoms with Crippen molar-refractivity contribution in [2.24, 2.45) is 5.92 Å². The molecule has 0 aliphatic rings. The highest BCUT2D eigenvalue weighted by molar-refractivity contribution is 5.96. The average Bonchev–Trinajstić information content (AvgIpc) is 2.43. The second-order valence-corrected chi connectivity index (χ2v) is 5.26. The van der Waals surface area contributed by atoms with E-state index in [9.17, 15) is 4.79 Å². The predicted molar refractivity (Wildman–Crippen MR) is 82.5 cm³/mol. The van der Waals surface area contributed by atoms with E-state index in [0.29, 0.717) is 29.9 Å². The molecule has 5 nitrogen and oxygen atoms in total. The Balaban J connectivity index is 2.68. The van der Waals surface area contributed by atoms with Gasteiger partial charge in [-0.3, -0.25) is 4.79 Å². The Morgan fingerprint density at radius 1 is 1.40 bits per heavy atom. The number of amides is 1. The van der Waals surface area contributed by atoms with Gasteiger partial charge in [0, 0.05) is 18.8 Å². The summed E-state index contributed by atoms with van der Waals surface area (Å²) < 4.78 is 0. The fourth-order valence-electron chi connectivity index (χ4n) is 2.49. The van der Waals surface area contributed by atoms with Crippen LogP contribution in [0.4, 0.5) is 5.69 Å². The van der Waals surface area contributed by atoms with Gasteiger partial charge in [0.1, 0.15) is 0 Å². The van der Waals surface area contributed by atoms with Gasteiger partial charge in [-0.05, 0) is 32.1 Å². The van der Waals surface area contributed by atoms with Crippen molar-refractivity contribution in [1.29, 1.82) is 0 Å². The van der Waals surface area contributed by atoms with Crippen LogP contribution in [0.1, 0.15) is 37.2 Å². The van der Waals surface area contributed by atoms with Gasteiger partial charge in [0.15, 0.2) is 5.69 Å². The number of nitrogen functional groups attached to an aromatic ring is 1. The number of hydrogen-bond donors (Lipinski definition) is 2. The first kappa shape index (κ1) is 16.4. The highest BCUT2D eigenvalue weighted by Gasteiger charge is 2.22. The number of nitrogens with one attached hydrogen (secondary N) is 1. The molecule has 0 bridgehead atoms. The number of likely N-dealkylation sites (N-methyl/N-ethyl adjacent to an activating group) is 1. The third-order valence-electron chi connectivity index (χ3n) is 3.78. The number of nitrogens with two attached hydrogens (primary N) is 1. The quantitative estimate of drug-likeness (QED) is 0.797. The zero-order valence-electron chi connectivity index (χ0n) is 12.9. The number of carbonyl (C=O) groups excluding carboxylic acids is 1. The Bertz CT molecular complexity index is 430. The van der Waals surface area contributed by atoms with Crippen molar-refractivity contribution in [3.8, 4) is 0 Å². The van der Waals surface area contributed by atoms with E-state index in [1.54, 1.807) is 18.3 Å². The van der Waals surface area contributed by atoms with Gasteiger partial charge in [0.2, 0.25) is 0 Å². The Hall–Kier alpha value is -1.62. The first-order chi connectivity index (χ1) is 9.51. The summed E-state index contributed by atoms with van der Waals surface area (Å²) in [5, 5.41) is 2.95. The van der Waals surface area contributed by atoms with Crippen LogP contribution in [0.15, 0.2) is 18.3 Å². The van der Waals surface area contributed by atoms with Crippen LogP contribution in [0.5, 0.6) is 0 Å². The maximum atomic E-state index is 12.1. The fourth-order valence-corrected chi connectivity index (χ4v) is 2.49. The maximum absolute atomic E-state index is 12.1. The van der Waals surface area contributed by atoms with Crippen LogP contribution >= 0.6 is 0 Å². The molecule has 1 aromatic heterocycles. The Kier molecular flexibility index (Phi) is 6.45. The normalized spacial score (nSPS) is 12.7. The third-order valence-corrected chi connectivity index (χ3v) is 3.78. The molecular weight excluding hydrogens is 252 g/mol. The molecule has 0 aliphatic heterocycles. The summed E-state index contributed by atoms with van der Waals surface area (Å²) >= 11 is 0. The lowest BCUT2D eigenvalue weighted by molar-refractivity contribution is 0.0925. The topological polar surface area (TPSA) is 71.2 Å². The number of carbonyl (C=O) groups is 1. The number of nitrogens with zero attached hydrogens (tertiary/aromatic N) is 2. The molecule has 1 atom stereocenters. The first-order valence-corrected chi connectivity index (χ1v) is 7.16. The smallest absolute Gasteiger partial charge is 0.272 e. The van der Waals surface area contributed by atoms with Gasteiger partial charge >= 0.3 is 0 Å².